The third-order valence-corrected chi connectivity index (χ3v) is 4.07. The SMILES string of the molecule is OB(O)c1ccc(C2CCCCC2)cc1Br. The van der Waals surface area contributed by atoms with Gasteiger partial charge in [-0.1, -0.05) is 47.3 Å². The zero-order valence-corrected chi connectivity index (χ0v) is 10.8. The van der Waals surface area contributed by atoms with Crippen LogP contribution < -0.4 is 5.46 Å². The average molecular weight is 283 g/mol. The van der Waals surface area contributed by atoms with Crippen LogP contribution in [0.2, 0.25) is 0 Å². The van der Waals surface area contributed by atoms with Crippen LogP contribution in [0.15, 0.2) is 22.7 Å². The molecule has 0 saturated heterocycles. The molecule has 0 atom stereocenters. The molecule has 1 aliphatic carbocycles. The maximum absolute atomic E-state index is 9.13. The molecule has 2 nitrogen and oxygen atoms in total. The molecule has 0 heterocycles. The van der Waals surface area contributed by atoms with Gasteiger partial charge in [-0.2, -0.15) is 0 Å². The summed E-state index contributed by atoms with van der Waals surface area (Å²) in [7, 11) is -1.39. The molecule has 16 heavy (non-hydrogen) atoms. The van der Waals surface area contributed by atoms with Crippen molar-refractivity contribution >= 4 is 28.5 Å². The van der Waals surface area contributed by atoms with E-state index in [2.05, 4.69) is 15.9 Å². The van der Waals surface area contributed by atoms with Gasteiger partial charge >= 0.3 is 7.12 Å². The van der Waals surface area contributed by atoms with Crippen LogP contribution in [0.3, 0.4) is 0 Å². The van der Waals surface area contributed by atoms with Gasteiger partial charge in [0.05, 0.1) is 0 Å². The molecule has 1 aromatic carbocycles. The molecule has 0 amide bonds. The third-order valence-electron chi connectivity index (χ3n) is 3.38. The number of hydrogen-bond donors (Lipinski definition) is 2. The second kappa shape index (κ2) is 5.34. The van der Waals surface area contributed by atoms with Crippen LogP contribution >= 0.6 is 15.9 Å². The van der Waals surface area contributed by atoms with Crippen molar-refractivity contribution in [3.05, 3.63) is 28.2 Å². The van der Waals surface area contributed by atoms with E-state index in [0.717, 1.165) is 4.47 Å². The van der Waals surface area contributed by atoms with E-state index in [1.54, 1.807) is 6.07 Å². The van der Waals surface area contributed by atoms with E-state index in [0.29, 0.717) is 11.4 Å². The van der Waals surface area contributed by atoms with Crippen LogP contribution in [0.5, 0.6) is 0 Å². The first-order chi connectivity index (χ1) is 7.68. The smallest absolute Gasteiger partial charge is 0.423 e. The monoisotopic (exact) mass is 282 g/mol. The van der Waals surface area contributed by atoms with Crippen molar-refractivity contribution < 1.29 is 10.0 Å². The summed E-state index contributed by atoms with van der Waals surface area (Å²) >= 11 is 3.39. The van der Waals surface area contributed by atoms with Gasteiger partial charge in [-0.3, -0.25) is 0 Å². The predicted octanol–water partition coefficient (Wildman–Crippen LogP) is 2.18. The highest BCUT2D eigenvalue weighted by Crippen LogP contribution is 2.33. The van der Waals surface area contributed by atoms with E-state index in [-0.39, 0.29) is 0 Å². The summed E-state index contributed by atoms with van der Waals surface area (Å²) in [4.78, 5) is 0. The molecule has 0 unspecified atom stereocenters. The predicted molar refractivity (Wildman–Crippen MR) is 69.8 cm³/mol. The zero-order chi connectivity index (χ0) is 11.5. The van der Waals surface area contributed by atoms with E-state index >= 15 is 0 Å². The first kappa shape index (κ1) is 12.2. The summed E-state index contributed by atoms with van der Waals surface area (Å²) in [5, 5.41) is 18.3. The van der Waals surface area contributed by atoms with Crippen molar-refractivity contribution in [1.29, 1.82) is 0 Å². The van der Waals surface area contributed by atoms with E-state index < -0.39 is 7.12 Å². The second-order valence-corrected chi connectivity index (χ2v) is 5.34. The highest BCUT2D eigenvalue weighted by molar-refractivity contribution is 9.10. The molecular weight excluding hydrogens is 267 g/mol. The van der Waals surface area contributed by atoms with Gasteiger partial charge in [-0.05, 0) is 35.9 Å². The molecule has 0 aliphatic heterocycles. The molecule has 1 fully saturated rings. The first-order valence-corrected chi connectivity index (χ1v) is 6.63. The lowest BCUT2D eigenvalue weighted by Crippen LogP contribution is -2.31. The summed E-state index contributed by atoms with van der Waals surface area (Å²) in [6, 6.07) is 5.86. The zero-order valence-electron chi connectivity index (χ0n) is 9.19. The average Bonchev–Trinajstić information content (AvgIpc) is 2.29. The van der Waals surface area contributed by atoms with Crippen LogP contribution in [-0.2, 0) is 0 Å². The molecule has 0 aromatic heterocycles. The molecule has 2 rings (SSSR count). The maximum atomic E-state index is 9.13. The van der Waals surface area contributed by atoms with Crippen LogP contribution in [0.1, 0.15) is 43.6 Å². The Labute approximate surface area is 105 Å². The summed E-state index contributed by atoms with van der Waals surface area (Å²) in [5.41, 5.74) is 1.86. The lowest BCUT2D eigenvalue weighted by atomic mass is 9.78. The van der Waals surface area contributed by atoms with Gasteiger partial charge in [0.25, 0.3) is 0 Å². The van der Waals surface area contributed by atoms with Crippen molar-refractivity contribution in [1.82, 2.24) is 0 Å². The molecule has 0 radical (unpaired) electrons. The van der Waals surface area contributed by atoms with E-state index in [4.69, 9.17) is 10.0 Å². The van der Waals surface area contributed by atoms with E-state index in [1.807, 2.05) is 12.1 Å². The topological polar surface area (TPSA) is 40.5 Å². The molecule has 1 aromatic rings. The summed E-state index contributed by atoms with van der Waals surface area (Å²) in [5.74, 6) is 0.648. The van der Waals surface area contributed by atoms with Crippen LogP contribution in [0, 0.1) is 0 Å². The molecule has 0 bridgehead atoms. The Balaban J connectivity index is 2.19. The minimum absolute atomic E-state index is 0.541. The fourth-order valence-corrected chi connectivity index (χ4v) is 3.04. The Morgan fingerprint density at radius 2 is 1.81 bits per heavy atom. The first-order valence-electron chi connectivity index (χ1n) is 5.84. The maximum Gasteiger partial charge on any atom is 0.489 e. The Bertz CT molecular complexity index is 362. The standard InChI is InChI=1S/C12H16BBrO2/c14-12-8-10(6-7-11(12)13(15)16)9-4-2-1-3-5-9/h6-9,15-16H,1-5H2. The minimum Gasteiger partial charge on any atom is -0.423 e. The van der Waals surface area contributed by atoms with Gasteiger partial charge in [0.1, 0.15) is 0 Å². The molecule has 4 heteroatoms. The molecule has 1 saturated carbocycles. The lowest BCUT2D eigenvalue weighted by Gasteiger charge is -2.22. The molecule has 2 N–H and O–H groups in total. The number of benzene rings is 1. The van der Waals surface area contributed by atoms with Gasteiger partial charge in [0.2, 0.25) is 0 Å². The van der Waals surface area contributed by atoms with Crippen molar-refractivity contribution in [2.45, 2.75) is 38.0 Å². The fraction of sp³-hybridized carbons (Fsp3) is 0.500. The van der Waals surface area contributed by atoms with Crippen molar-refractivity contribution in [3.63, 3.8) is 0 Å². The Hall–Kier alpha value is -0.315. The third kappa shape index (κ3) is 2.68. The highest BCUT2D eigenvalue weighted by atomic mass is 79.9. The van der Waals surface area contributed by atoms with Crippen molar-refractivity contribution in [2.75, 3.05) is 0 Å². The summed E-state index contributed by atoms with van der Waals surface area (Å²) in [6.07, 6.45) is 6.49. The highest BCUT2D eigenvalue weighted by Gasteiger charge is 2.19. The minimum atomic E-state index is -1.39. The van der Waals surface area contributed by atoms with Gasteiger partial charge in [0.15, 0.2) is 0 Å². The van der Waals surface area contributed by atoms with Gasteiger partial charge < -0.3 is 10.0 Å². The molecule has 0 spiro atoms. The fourth-order valence-electron chi connectivity index (χ4n) is 2.44. The van der Waals surface area contributed by atoms with Crippen LogP contribution in [-0.4, -0.2) is 17.2 Å². The summed E-state index contributed by atoms with van der Waals surface area (Å²) < 4.78 is 0.797. The number of rotatable bonds is 2. The molecule has 1 aliphatic rings. The second-order valence-electron chi connectivity index (χ2n) is 4.49. The van der Waals surface area contributed by atoms with Crippen molar-refractivity contribution in [2.24, 2.45) is 0 Å². The Kier molecular flexibility index (Phi) is 4.06. The Morgan fingerprint density at radius 1 is 1.12 bits per heavy atom. The van der Waals surface area contributed by atoms with Gasteiger partial charge in [-0.15, -0.1) is 0 Å². The lowest BCUT2D eigenvalue weighted by molar-refractivity contribution is 0.425. The van der Waals surface area contributed by atoms with Gasteiger partial charge in [0, 0.05) is 4.47 Å². The van der Waals surface area contributed by atoms with Crippen LogP contribution in [0.25, 0.3) is 0 Å². The number of halogens is 1. The van der Waals surface area contributed by atoms with Gasteiger partial charge in [-0.25, -0.2) is 0 Å². The normalized spacial score (nSPS) is 17.4. The van der Waals surface area contributed by atoms with E-state index in [1.165, 1.54) is 37.7 Å². The number of hydrogen-bond acceptors (Lipinski definition) is 2. The summed E-state index contributed by atoms with van der Waals surface area (Å²) in [6.45, 7) is 0. The Morgan fingerprint density at radius 3 is 2.38 bits per heavy atom. The van der Waals surface area contributed by atoms with E-state index in [9.17, 15) is 0 Å². The van der Waals surface area contributed by atoms with Crippen LogP contribution in [0.4, 0.5) is 0 Å². The quantitative estimate of drug-likeness (QED) is 0.817. The van der Waals surface area contributed by atoms with Crippen molar-refractivity contribution in [3.8, 4) is 0 Å². The molecule has 86 valence electrons. The molecular formula is C12H16BBrO2. The largest absolute Gasteiger partial charge is 0.489 e.